The number of hydrogen-bond donors (Lipinski definition) is 0. The van der Waals surface area contributed by atoms with Crippen LogP contribution in [0.4, 0.5) is 4.79 Å². The molecule has 0 spiro atoms. The topological polar surface area (TPSA) is 55.8 Å². The van der Waals surface area contributed by atoms with E-state index in [4.69, 9.17) is 9.47 Å². The number of imide groups is 1. The van der Waals surface area contributed by atoms with E-state index >= 15 is 0 Å². The molecule has 2 rings (SSSR count). The molecule has 1 saturated heterocycles. The van der Waals surface area contributed by atoms with Gasteiger partial charge < -0.3 is 9.47 Å². The van der Waals surface area contributed by atoms with Crippen molar-refractivity contribution in [2.24, 2.45) is 0 Å². The lowest BCUT2D eigenvalue weighted by Gasteiger charge is -2.19. The Morgan fingerprint density at radius 1 is 1.12 bits per heavy atom. The molecule has 0 saturated carbocycles. The second-order valence-electron chi connectivity index (χ2n) is 5.38. The SMILES string of the molecule is CCOc1ccc(/C=C2/SC(=O)N([C@@H](C)CC)C2=O)cc1OCC. The molecule has 0 aliphatic carbocycles. The number of nitrogens with zero attached hydrogens (tertiary/aromatic N) is 1. The van der Waals surface area contributed by atoms with Crippen molar-refractivity contribution in [1.29, 1.82) is 0 Å². The first-order chi connectivity index (χ1) is 11.5. The van der Waals surface area contributed by atoms with E-state index in [1.807, 2.05) is 45.9 Å². The Kier molecular flexibility index (Phi) is 6.31. The van der Waals surface area contributed by atoms with Crippen molar-refractivity contribution in [3.05, 3.63) is 28.7 Å². The van der Waals surface area contributed by atoms with Crippen molar-refractivity contribution in [1.82, 2.24) is 4.90 Å². The van der Waals surface area contributed by atoms with E-state index in [1.54, 1.807) is 6.08 Å². The van der Waals surface area contributed by atoms with Gasteiger partial charge in [-0.15, -0.1) is 0 Å². The van der Waals surface area contributed by atoms with Crippen LogP contribution in [0.2, 0.25) is 0 Å². The summed E-state index contributed by atoms with van der Waals surface area (Å²) in [4.78, 5) is 26.3. The highest BCUT2D eigenvalue weighted by Gasteiger charge is 2.37. The van der Waals surface area contributed by atoms with Gasteiger partial charge in [-0.1, -0.05) is 13.0 Å². The molecule has 6 heteroatoms. The van der Waals surface area contributed by atoms with Gasteiger partial charge >= 0.3 is 0 Å². The number of amides is 2. The Bertz CT molecular complexity index is 656. The molecule has 0 N–H and O–H groups in total. The van der Waals surface area contributed by atoms with E-state index in [2.05, 4.69) is 0 Å². The van der Waals surface area contributed by atoms with Crippen LogP contribution in [0.3, 0.4) is 0 Å². The summed E-state index contributed by atoms with van der Waals surface area (Å²) in [6.45, 7) is 8.72. The summed E-state index contributed by atoms with van der Waals surface area (Å²) in [5.41, 5.74) is 0.802. The molecule has 130 valence electrons. The first kappa shape index (κ1) is 18.4. The fourth-order valence-corrected chi connectivity index (χ4v) is 3.28. The van der Waals surface area contributed by atoms with Gasteiger partial charge in [0.05, 0.1) is 18.1 Å². The molecule has 0 unspecified atom stereocenters. The van der Waals surface area contributed by atoms with E-state index in [1.165, 1.54) is 4.90 Å². The molecule has 0 bridgehead atoms. The minimum Gasteiger partial charge on any atom is -0.490 e. The second-order valence-corrected chi connectivity index (χ2v) is 6.37. The van der Waals surface area contributed by atoms with Gasteiger partial charge in [-0.2, -0.15) is 0 Å². The largest absolute Gasteiger partial charge is 0.490 e. The minimum atomic E-state index is -0.230. The summed E-state index contributed by atoms with van der Waals surface area (Å²) in [5.74, 6) is 1.07. The van der Waals surface area contributed by atoms with Gasteiger partial charge in [-0.25, -0.2) is 0 Å². The maximum absolute atomic E-state index is 12.5. The number of thioether (sulfide) groups is 1. The van der Waals surface area contributed by atoms with Crippen molar-refractivity contribution in [3.8, 4) is 11.5 Å². The van der Waals surface area contributed by atoms with Crippen LogP contribution in [-0.2, 0) is 4.79 Å². The zero-order chi connectivity index (χ0) is 17.7. The van der Waals surface area contributed by atoms with Crippen LogP contribution in [0.15, 0.2) is 23.1 Å². The lowest BCUT2D eigenvalue weighted by atomic mass is 10.1. The molecule has 1 atom stereocenters. The maximum atomic E-state index is 12.5. The molecule has 1 aliphatic rings. The molecule has 0 radical (unpaired) electrons. The van der Waals surface area contributed by atoms with Crippen LogP contribution in [0.1, 0.15) is 39.7 Å². The summed E-state index contributed by atoms with van der Waals surface area (Å²) in [7, 11) is 0. The van der Waals surface area contributed by atoms with E-state index in [-0.39, 0.29) is 17.2 Å². The highest BCUT2D eigenvalue weighted by Crippen LogP contribution is 2.35. The van der Waals surface area contributed by atoms with Gasteiger partial charge in [-0.05, 0) is 62.7 Å². The van der Waals surface area contributed by atoms with Crippen molar-refractivity contribution in [3.63, 3.8) is 0 Å². The van der Waals surface area contributed by atoms with Gasteiger partial charge in [-0.3, -0.25) is 14.5 Å². The average Bonchev–Trinajstić information content (AvgIpc) is 2.83. The van der Waals surface area contributed by atoms with Crippen molar-refractivity contribution >= 4 is 29.0 Å². The van der Waals surface area contributed by atoms with Crippen molar-refractivity contribution in [2.45, 2.75) is 40.2 Å². The van der Waals surface area contributed by atoms with E-state index in [0.717, 1.165) is 23.7 Å². The normalized spacial score (nSPS) is 17.5. The molecule has 1 fully saturated rings. The number of carbonyl (C=O) groups excluding carboxylic acids is 2. The molecule has 1 aromatic carbocycles. The Morgan fingerprint density at radius 3 is 2.42 bits per heavy atom. The molecule has 5 nitrogen and oxygen atoms in total. The third kappa shape index (κ3) is 3.93. The average molecular weight is 349 g/mol. The van der Waals surface area contributed by atoms with Crippen molar-refractivity contribution < 1.29 is 19.1 Å². The van der Waals surface area contributed by atoms with Crippen LogP contribution < -0.4 is 9.47 Å². The number of ether oxygens (including phenoxy) is 2. The Hall–Kier alpha value is -1.95. The molecule has 24 heavy (non-hydrogen) atoms. The van der Waals surface area contributed by atoms with Crippen LogP contribution in [0.5, 0.6) is 11.5 Å². The predicted octanol–water partition coefficient (Wildman–Crippen LogP) is 4.32. The predicted molar refractivity (Wildman–Crippen MR) is 96.3 cm³/mol. The number of carbonyl (C=O) groups is 2. The fourth-order valence-electron chi connectivity index (χ4n) is 2.35. The van der Waals surface area contributed by atoms with E-state index in [0.29, 0.717) is 29.6 Å². The van der Waals surface area contributed by atoms with Gasteiger partial charge in [0, 0.05) is 6.04 Å². The molecule has 2 amide bonds. The molecular formula is C18H23NO4S. The maximum Gasteiger partial charge on any atom is 0.293 e. The fraction of sp³-hybridized carbons (Fsp3) is 0.444. The summed E-state index contributed by atoms with van der Waals surface area (Å²) >= 11 is 0.980. The Morgan fingerprint density at radius 2 is 1.79 bits per heavy atom. The smallest absolute Gasteiger partial charge is 0.293 e. The van der Waals surface area contributed by atoms with Crippen LogP contribution in [0.25, 0.3) is 6.08 Å². The summed E-state index contributed by atoms with van der Waals surface area (Å²) in [6.07, 6.45) is 2.47. The van der Waals surface area contributed by atoms with Gasteiger partial charge in [0.2, 0.25) is 0 Å². The van der Waals surface area contributed by atoms with Gasteiger partial charge in [0.1, 0.15) is 0 Å². The molecule has 1 aliphatic heterocycles. The minimum absolute atomic E-state index is 0.0947. The molecular weight excluding hydrogens is 326 g/mol. The second kappa shape index (κ2) is 8.24. The van der Waals surface area contributed by atoms with Crippen LogP contribution >= 0.6 is 11.8 Å². The summed E-state index contributed by atoms with van der Waals surface area (Å²) in [6, 6.07) is 5.40. The van der Waals surface area contributed by atoms with Gasteiger partial charge in [0.25, 0.3) is 11.1 Å². The monoisotopic (exact) mass is 349 g/mol. The van der Waals surface area contributed by atoms with Gasteiger partial charge in [0.15, 0.2) is 11.5 Å². The molecule has 1 aromatic rings. The number of rotatable bonds is 7. The molecule has 0 aromatic heterocycles. The first-order valence-electron chi connectivity index (χ1n) is 8.18. The summed E-state index contributed by atoms with van der Waals surface area (Å²) < 4.78 is 11.1. The lowest BCUT2D eigenvalue weighted by molar-refractivity contribution is -0.124. The Balaban J connectivity index is 2.29. The van der Waals surface area contributed by atoms with Crippen LogP contribution in [-0.4, -0.2) is 35.3 Å². The van der Waals surface area contributed by atoms with E-state index < -0.39 is 0 Å². The zero-order valence-corrected chi connectivity index (χ0v) is 15.3. The lowest BCUT2D eigenvalue weighted by Crippen LogP contribution is -2.36. The molecule has 1 heterocycles. The van der Waals surface area contributed by atoms with Crippen LogP contribution in [0, 0.1) is 0 Å². The first-order valence-corrected chi connectivity index (χ1v) is 9.00. The third-order valence-corrected chi connectivity index (χ3v) is 4.60. The quantitative estimate of drug-likeness (QED) is 0.686. The third-order valence-electron chi connectivity index (χ3n) is 3.72. The standard InChI is InChI=1S/C18H23NO4S/c1-5-12(4)19-17(20)16(24-18(19)21)11-13-8-9-14(22-6-2)15(10-13)23-7-3/h8-12H,5-7H2,1-4H3/b16-11+/t12-/m0/s1. The Labute approximate surface area is 147 Å². The number of benzene rings is 1. The summed E-state index contributed by atoms with van der Waals surface area (Å²) in [5, 5.41) is -0.212. The highest BCUT2D eigenvalue weighted by molar-refractivity contribution is 8.18. The zero-order valence-electron chi connectivity index (χ0n) is 14.5. The van der Waals surface area contributed by atoms with E-state index in [9.17, 15) is 9.59 Å². The number of hydrogen-bond acceptors (Lipinski definition) is 5. The van der Waals surface area contributed by atoms with Crippen molar-refractivity contribution in [2.75, 3.05) is 13.2 Å². The highest BCUT2D eigenvalue weighted by atomic mass is 32.2.